The summed E-state index contributed by atoms with van der Waals surface area (Å²) < 4.78 is 7.33. The fourth-order valence-corrected chi connectivity index (χ4v) is 2.49. The van der Waals surface area contributed by atoms with Crippen LogP contribution in [0, 0.1) is 25.2 Å². The molecule has 0 aromatic carbocycles. The molecule has 0 N–H and O–H groups in total. The molecule has 1 aromatic rings. The van der Waals surface area contributed by atoms with E-state index in [4.69, 9.17) is 9.57 Å². The van der Waals surface area contributed by atoms with E-state index in [1.165, 1.54) is 14.2 Å². The summed E-state index contributed by atoms with van der Waals surface area (Å²) in [5.41, 5.74) is 2.92. The Bertz CT molecular complexity index is 611. The Labute approximate surface area is 131 Å². The monoisotopic (exact) mass is 305 g/mol. The van der Waals surface area contributed by atoms with E-state index in [2.05, 4.69) is 11.5 Å². The van der Waals surface area contributed by atoms with Gasteiger partial charge in [-0.25, -0.2) is 5.06 Å². The number of carbonyl (C=O) groups excluding carboxylic acids is 1. The summed E-state index contributed by atoms with van der Waals surface area (Å²) in [6.07, 6.45) is 1.59. The molecule has 0 bridgehead atoms. The van der Waals surface area contributed by atoms with Crippen LogP contribution in [0.15, 0.2) is 11.6 Å². The van der Waals surface area contributed by atoms with E-state index in [-0.39, 0.29) is 11.6 Å². The third-order valence-electron chi connectivity index (χ3n) is 3.58. The van der Waals surface area contributed by atoms with Gasteiger partial charge in [-0.15, -0.1) is 0 Å². The van der Waals surface area contributed by atoms with Gasteiger partial charge in [-0.05, 0) is 38.5 Å². The summed E-state index contributed by atoms with van der Waals surface area (Å²) in [6.45, 7) is 6.61. The van der Waals surface area contributed by atoms with Crippen LogP contribution >= 0.6 is 0 Å². The molecule has 0 spiro atoms. The highest BCUT2D eigenvalue weighted by Gasteiger charge is 2.17. The number of hydroxylamine groups is 2. The van der Waals surface area contributed by atoms with Crippen molar-refractivity contribution in [1.29, 1.82) is 5.26 Å². The summed E-state index contributed by atoms with van der Waals surface area (Å²) in [7, 11) is 4.52. The molecule has 22 heavy (non-hydrogen) atoms. The quantitative estimate of drug-likeness (QED) is 0.459. The van der Waals surface area contributed by atoms with Gasteiger partial charge in [-0.1, -0.05) is 0 Å². The number of hydrogen-bond acceptors (Lipinski definition) is 4. The van der Waals surface area contributed by atoms with Crippen molar-refractivity contribution in [2.45, 2.75) is 26.8 Å². The number of nitriles is 1. The second-order valence-electron chi connectivity index (χ2n) is 5.16. The molecule has 1 heterocycles. The third-order valence-corrected chi connectivity index (χ3v) is 3.58. The number of amides is 1. The van der Waals surface area contributed by atoms with E-state index in [1.54, 1.807) is 13.2 Å². The van der Waals surface area contributed by atoms with E-state index in [0.717, 1.165) is 22.0 Å². The molecule has 120 valence electrons. The van der Waals surface area contributed by atoms with Crippen LogP contribution in [0.4, 0.5) is 0 Å². The maximum atomic E-state index is 12.0. The molecule has 1 amide bonds. The minimum atomic E-state index is -0.472. The van der Waals surface area contributed by atoms with Crippen molar-refractivity contribution >= 4 is 12.0 Å². The smallest absolute Gasteiger partial charge is 0.287 e. The van der Waals surface area contributed by atoms with Gasteiger partial charge >= 0.3 is 0 Å². The Morgan fingerprint density at radius 1 is 1.50 bits per heavy atom. The lowest BCUT2D eigenvalue weighted by molar-refractivity contribution is -0.163. The van der Waals surface area contributed by atoms with Crippen LogP contribution in [0.3, 0.4) is 0 Å². The average Bonchev–Trinajstić information content (AvgIpc) is 2.77. The number of aromatic nitrogens is 1. The number of nitrogens with zero attached hydrogens (tertiary/aromatic N) is 3. The van der Waals surface area contributed by atoms with Crippen molar-refractivity contribution in [3.05, 3.63) is 28.6 Å². The predicted octanol–water partition coefficient (Wildman–Crippen LogP) is 2.24. The molecule has 6 heteroatoms. The first-order valence-corrected chi connectivity index (χ1v) is 6.98. The van der Waals surface area contributed by atoms with Crippen LogP contribution in [-0.4, -0.2) is 43.4 Å². The molecule has 1 rings (SSSR count). The number of aryl methyl sites for hydroxylation is 1. The molecule has 1 atom stereocenters. The Balaban J connectivity index is 3.23. The van der Waals surface area contributed by atoms with Crippen LogP contribution in [0.2, 0.25) is 0 Å². The van der Waals surface area contributed by atoms with Gasteiger partial charge in [-0.3, -0.25) is 9.63 Å². The number of ether oxygens (including phenoxy) is 1. The zero-order chi connectivity index (χ0) is 16.9. The van der Waals surface area contributed by atoms with Gasteiger partial charge in [0.25, 0.3) is 5.91 Å². The Hall–Kier alpha value is -2.10. The normalized spacial score (nSPS) is 12.9. The van der Waals surface area contributed by atoms with Gasteiger partial charge in [0.2, 0.25) is 0 Å². The molecule has 0 aliphatic heterocycles. The van der Waals surface area contributed by atoms with E-state index in [0.29, 0.717) is 6.61 Å². The molecule has 6 nitrogen and oxygen atoms in total. The highest BCUT2D eigenvalue weighted by Crippen LogP contribution is 2.23. The minimum Gasteiger partial charge on any atom is -0.383 e. The Kier molecular flexibility index (Phi) is 6.35. The first kappa shape index (κ1) is 18.0. The molecular weight excluding hydrogens is 282 g/mol. The van der Waals surface area contributed by atoms with Crippen LogP contribution < -0.4 is 0 Å². The maximum absolute atomic E-state index is 12.0. The summed E-state index contributed by atoms with van der Waals surface area (Å²) >= 11 is 0. The van der Waals surface area contributed by atoms with Gasteiger partial charge < -0.3 is 9.30 Å². The highest BCUT2D eigenvalue weighted by atomic mass is 16.7. The first-order valence-electron chi connectivity index (χ1n) is 6.98. The zero-order valence-corrected chi connectivity index (χ0v) is 14.0. The second kappa shape index (κ2) is 7.78. The largest absolute Gasteiger partial charge is 0.383 e. The highest BCUT2D eigenvalue weighted by molar-refractivity contribution is 6.01. The lowest BCUT2D eigenvalue weighted by Crippen LogP contribution is -2.26. The van der Waals surface area contributed by atoms with E-state index in [9.17, 15) is 10.1 Å². The fraction of sp³-hybridized carbons (Fsp3) is 0.500. The van der Waals surface area contributed by atoms with Gasteiger partial charge in [-0.2, -0.15) is 5.26 Å². The van der Waals surface area contributed by atoms with Crippen molar-refractivity contribution in [1.82, 2.24) is 9.63 Å². The molecule has 1 aromatic heterocycles. The number of methoxy groups -OCH3 is 1. The van der Waals surface area contributed by atoms with Crippen molar-refractivity contribution in [2.24, 2.45) is 0 Å². The second-order valence-corrected chi connectivity index (χ2v) is 5.16. The average molecular weight is 305 g/mol. The summed E-state index contributed by atoms with van der Waals surface area (Å²) in [5.74, 6) is -0.472. The molecular formula is C16H23N3O3. The van der Waals surface area contributed by atoms with Gasteiger partial charge in [0.15, 0.2) is 0 Å². The van der Waals surface area contributed by atoms with Crippen molar-refractivity contribution < 1.29 is 14.4 Å². The van der Waals surface area contributed by atoms with Crippen LogP contribution in [0.5, 0.6) is 0 Å². The fourth-order valence-electron chi connectivity index (χ4n) is 2.49. The number of carbonyl (C=O) groups is 1. The summed E-state index contributed by atoms with van der Waals surface area (Å²) in [5, 5.41) is 10.2. The molecule has 0 aliphatic carbocycles. The van der Waals surface area contributed by atoms with E-state index < -0.39 is 5.91 Å². The van der Waals surface area contributed by atoms with E-state index in [1.807, 2.05) is 26.0 Å². The predicted molar refractivity (Wildman–Crippen MR) is 83.9 cm³/mol. The van der Waals surface area contributed by atoms with E-state index >= 15 is 0 Å². The van der Waals surface area contributed by atoms with Crippen LogP contribution in [0.25, 0.3) is 6.08 Å². The van der Waals surface area contributed by atoms with Crippen molar-refractivity contribution in [2.75, 3.05) is 27.9 Å². The molecule has 0 saturated carbocycles. The number of likely N-dealkylation sites (N-methyl/N-ethyl adjacent to an activating group) is 1. The van der Waals surface area contributed by atoms with Gasteiger partial charge in [0, 0.05) is 25.5 Å². The van der Waals surface area contributed by atoms with Crippen LogP contribution in [-0.2, 0) is 14.4 Å². The lowest BCUT2D eigenvalue weighted by atomic mass is 10.1. The minimum absolute atomic E-state index is 0.0315. The molecule has 0 aliphatic rings. The van der Waals surface area contributed by atoms with Crippen molar-refractivity contribution in [3.8, 4) is 6.07 Å². The standard InChI is InChI=1S/C16H23N3O3/c1-11-7-14(13(3)19(11)12(2)10-21-5)8-15(9-17)16(20)18(4)22-6/h7-8,12H,10H2,1-6H3/b15-8+. The van der Waals surface area contributed by atoms with Gasteiger partial charge in [0.05, 0.1) is 19.8 Å². The molecule has 0 radical (unpaired) electrons. The maximum Gasteiger partial charge on any atom is 0.287 e. The van der Waals surface area contributed by atoms with Gasteiger partial charge in [0.1, 0.15) is 11.6 Å². The zero-order valence-electron chi connectivity index (χ0n) is 14.0. The number of hydrogen-bond donors (Lipinski definition) is 0. The molecule has 0 fully saturated rings. The summed E-state index contributed by atoms with van der Waals surface area (Å²) in [6, 6.07) is 4.07. The first-order chi connectivity index (χ1) is 10.4. The Morgan fingerprint density at radius 3 is 2.64 bits per heavy atom. The van der Waals surface area contributed by atoms with Crippen molar-refractivity contribution in [3.63, 3.8) is 0 Å². The topological polar surface area (TPSA) is 67.5 Å². The lowest BCUT2D eigenvalue weighted by Gasteiger charge is -2.17. The Morgan fingerprint density at radius 2 is 2.14 bits per heavy atom. The SMILES string of the molecule is COCC(C)n1c(C)cc(/C=C(\C#N)C(=O)N(C)OC)c1C. The third kappa shape index (κ3) is 3.75. The molecule has 0 saturated heterocycles. The molecule has 1 unspecified atom stereocenters. The summed E-state index contributed by atoms with van der Waals surface area (Å²) in [4.78, 5) is 16.9. The van der Waals surface area contributed by atoms with Crippen LogP contribution in [0.1, 0.15) is 29.9 Å². The number of rotatable bonds is 6.